The third-order valence-electron chi connectivity index (χ3n) is 4.29. The Kier molecular flexibility index (Phi) is 3.46. The van der Waals surface area contributed by atoms with Crippen molar-refractivity contribution in [1.29, 1.82) is 0 Å². The van der Waals surface area contributed by atoms with E-state index in [2.05, 4.69) is 15.2 Å². The van der Waals surface area contributed by atoms with Gasteiger partial charge in [0.05, 0.1) is 10.5 Å². The van der Waals surface area contributed by atoms with E-state index in [1.165, 1.54) is 0 Å². The van der Waals surface area contributed by atoms with Gasteiger partial charge >= 0.3 is 11.7 Å². The van der Waals surface area contributed by atoms with Crippen LogP contribution < -0.4 is 5.32 Å². The zero-order valence-corrected chi connectivity index (χ0v) is 11.4. The summed E-state index contributed by atoms with van der Waals surface area (Å²) < 4.78 is 0. The van der Waals surface area contributed by atoms with Crippen LogP contribution in [0.4, 0.5) is 11.5 Å². The van der Waals surface area contributed by atoms with E-state index in [1.54, 1.807) is 0 Å². The van der Waals surface area contributed by atoms with Crippen molar-refractivity contribution in [2.24, 2.45) is 5.92 Å². The zero-order valence-electron chi connectivity index (χ0n) is 11.4. The van der Waals surface area contributed by atoms with Crippen molar-refractivity contribution in [1.82, 2.24) is 9.88 Å². The van der Waals surface area contributed by atoms with Gasteiger partial charge in [-0.3, -0.25) is 10.1 Å². The lowest BCUT2D eigenvalue weighted by atomic mass is 9.84. The lowest BCUT2D eigenvalue weighted by molar-refractivity contribution is -0.384. The Morgan fingerprint density at radius 1 is 1.48 bits per heavy atom. The summed E-state index contributed by atoms with van der Waals surface area (Å²) in [6.07, 6.45) is 3.32. The van der Waals surface area contributed by atoms with Crippen molar-refractivity contribution in [3.63, 3.8) is 0 Å². The van der Waals surface area contributed by atoms with Crippen LogP contribution in [0.25, 0.3) is 0 Å². The standard InChI is InChI=1S/C13H16N4O4/c18-13(19)9-5-11(17(20)21)12(14-6-9)15-10-7-16-3-1-8(10)2-4-16/h5-6,8,10H,1-4,7H2,(H,14,15)(H,18,19). The van der Waals surface area contributed by atoms with E-state index in [9.17, 15) is 14.9 Å². The molecule has 1 aromatic rings. The van der Waals surface area contributed by atoms with E-state index in [1.807, 2.05) is 0 Å². The number of nitrogens with zero attached hydrogens (tertiary/aromatic N) is 3. The number of carboxylic acid groups (broad SMARTS) is 1. The number of hydrogen-bond donors (Lipinski definition) is 2. The Hall–Kier alpha value is -2.22. The Balaban J connectivity index is 1.84. The Morgan fingerprint density at radius 3 is 2.71 bits per heavy atom. The number of aromatic carboxylic acids is 1. The van der Waals surface area contributed by atoms with Gasteiger partial charge in [-0.1, -0.05) is 0 Å². The van der Waals surface area contributed by atoms with Gasteiger partial charge in [0.25, 0.3) is 0 Å². The first kappa shape index (κ1) is 13.7. The monoisotopic (exact) mass is 292 g/mol. The van der Waals surface area contributed by atoms with Crippen molar-refractivity contribution in [2.45, 2.75) is 18.9 Å². The molecule has 0 saturated carbocycles. The van der Waals surface area contributed by atoms with Gasteiger partial charge in [0.2, 0.25) is 5.82 Å². The van der Waals surface area contributed by atoms with Crippen LogP contribution >= 0.6 is 0 Å². The van der Waals surface area contributed by atoms with E-state index >= 15 is 0 Å². The van der Waals surface area contributed by atoms with Crippen LogP contribution in [0.2, 0.25) is 0 Å². The minimum atomic E-state index is -1.22. The van der Waals surface area contributed by atoms with Gasteiger partial charge in [0.15, 0.2) is 0 Å². The average Bonchev–Trinajstić information content (AvgIpc) is 2.48. The SMILES string of the molecule is O=C(O)c1cnc(NC2CN3CCC2CC3)c([N+](=O)[O-])c1. The molecule has 0 radical (unpaired) electrons. The highest BCUT2D eigenvalue weighted by Crippen LogP contribution is 2.31. The first-order valence-corrected chi connectivity index (χ1v) is 6.91. The van der Waals surface area contributed by atoms with Gasteiger partial charge in [-0.25, -0.2) is 9.78 Å². The molecule has 0 spiro atoms. The number of fused-ring (bicyclic) bond motifs is 3. The number of aromatic nitrogens is 1. The molecule has 3 saturated heterocycles. The summed E-state index contributed by atoms with van der Waals surface area (Å²) in [4.78, 5) is 27.7. The molecule has 3 aliphatic heterocycles. The van der Waals surface area contributed by atoms with Crippen molar-refractivity contribution < 1.29 is 14.8 Å². The van der Waals surface area contributed by atoms with E-state index < -0.39 is 10.9 Å². The van der Waals surface area contributed by atoms with Crippen LogP contribution in [0.5, 0.6) is 0 Å². The topological polar surface area (TPSA) is 109 Å². The third-order valence-corrected chi connectivity index (χ3v) is 4.29. The smallest absolute Gasteiger partial charge is 0.337 e. The van der Waals surface area contributed by atoms with Crippen LogP contribution in [-0.2, 0) is 0 Å². The van der Waals surface area contributed by atoms with Gasteiger partial charge in [0, 0.05) is 24.8 Å². The Labute approximate surface area is 120 Å². The van der Waals surface area contributed by atoms with Gasteiger partial charge in [-0.15, -0.1) is 0 Å². The largest absolute Gasteiger partial charge is 0.478 e. The van der Waals surface area contributed by atoms with E-state index in [0.717, 1.165) is 44.7 Å². The van der Waals surface area contributed by atoms with Gasteiger partial charge in [-0.2, -0.15) is 0 Å². The molecule has 21 heavy (non-hydrogen) atoms. The quantitative estimate of drug-likeness (QED) is 0.633. The maximum atomic E-state index is 11.1. The molecule has 1 aromatic heterocycles. The summed E-state index contributed by atoms with van der Waals surface area (Å²) in [6, 6.07) is 1.19. The van der Waals surface area contributed by atoms with E-state index in [-0.39, 0.29) is 23.1 Å². The summed E-state index contributed by atoms with van der Waals surface area (Å²) in [5.74, 6) is -0.570. The number of pyridine rings is 1. The lowest BCUT2D eigenvalue weighted by Crippen LogP contribution is -2.53. The fourth-order valence-corrected chi connectivity index (χ4v) is 3.12. The Bertz CT molecular complexity index is 584. The minimum Gasteiger partial charge on any atom is -0.478 e. The summed E-state index contributed by atoms with van der Waals surface area (Å²) in [6.45, 7) is 3.01. The fourth-order valence-electron chi connectivity index (χ4n) is 3.12. The first-order valence-electron chi connectivity index (χ1n) is 6.91. The second-order valence-corrected chi connectivity index (χ2v) is 5.54. The predicted molar refractivity (Wildman–Crippen MR) is 74.4 cm³/mol. The maximum absolute atomic E-state index is 11.1. The predicted octanol–water partition coefficient (Wildman–Crippen LogP) is 1.19. The number of hydrogen-bond acceptors (Lipinski definition) is 6. The second kappa shape index (κ2) is 5.28. The number of rotatable bonds is 4. The number of nitrogens with one attached hydrogen (secondary N) is 1. The molecule has 4 rings (SSSR count). The zero-order chi connectivity index (χ0) is 15.0. The lowest BCUT2D eigenvalue weighted by Gasteiger charge is -2.45. The van der Waals surface area contributed by atoms with Crippen molar-refractivity contribution in [2.75, 3.05) is 25.0 Å². The van der Waals surface area contributed by atoms with Crippen molar-refractivity contribution in [3.05, 3.63) is 27.9 Å². The minimum absolute atomic E-state index is 0.134. The van der Waals surface area contributed by atoms with Gasteiger partial charge < -0.3 is 15.3 Å². The fraction of sp³-hybridized carbons (Fsp3) is 0.538. The normalized spacial score (nSPS) is 27.3. The molecule has 1 unspecified atom stereocenters. The molecular formula is C13H16N4O4. The summed E-state index contributed by atoms with van der Waals surface area (Å²) in [7, 11) is 0. The third kappa shape index (κ3) is 2.66. The summed E-state index contributed by atoms with van der Waals surface area (Å²) in [5, 5.41) is 23.2. The molecule has 2 bridgehead atoms. The molecule has 0 amide bonds. The Morgan fingerprint density at radius 2 is 2.19 bits per heavy atom. The average molecular weight is 292 g/mol. The van der Waals surface area contributed by atoms with Crippen molar-refractivity contribution in [3.8, 4) is 0 Å². The van der Waals surface area contributed by atoms with Gasteiger partial charge in [-0.05, 0) is 31.8 Å². The molecule has 3 fully saturated rings. The molecule has 0 aromatic carbocycles. The molecule has 1 atom stereocenters. The summed E-state index contributed by atoms with van der Waals surface area (Å²) >= 11 is 0. The van der Waals surface area contributed by atoms with Crippen LogP contribution in [0.3, 0.4) is 0 Å². The molecule has 8 heteroatoms. The van der Waals surface area contributed by atoms with E-state index in [0.29, 0.717) is 5.92 Å². The first-order chi connectivity index (χ1) is 10.0. The van der Waals surface area contributed by atoms with Crippen LogP contribution in [0.1, 0.15) is 23.2 Å². The molecule has 0 aliphatic carbocycles. The maximum Gasteiger partial charge on any atom is 0.337 e. The number of carbonyl (C=O) groups is 1. The number of anilines is 1. The molecule has 2 N–H and O–H groups in total. The van der Waals surface area contributed by atoms with Crippen LogP contribution in [-0.4, -0.2) is 51.6 Å². The van der Waals surface area contributed by atoms with Crippen molar-refractivity contribution >= 4 is 17.5 Å². The molecular weight excluding hydrogens is 276 g/mol. The highest BCUT2D eigenvalue weighted by molar-refractivity contribution is 5.88. The molecule has 8 nitrogen and oxygen atoms in total. The highest BCUT2D eigenvalue weighted by Gasteiger charge is 2.35. The number of piperidine rings is 3. The molecule has 112 valence electrons. The summed E-state index contributed by atoms with van der Waals surface area (Å²) in [5.41, 5.74) is -0.465. The second-order valence-electron chi connectivity index (χ2n) is 5.54. The number of carboxylic acids is 1. The van der Waals surface area contributed by atoms with E-state index in [4.69, 9.17) is 5.11 Å². The molecule has 4 heterocycles. The molecule has 3 aliphatic rings. The highest BCUT2D eigenvalue weighted by atomic mass is 16.6. The van der Waals surface area contributed by atoms with Crippen LogP contribution in [0, 0.1) is 16.0 Å². The number of nitro groups is 1. The van der Waals surface area contributed by atoms with Crippen LogP contribution in [0.15, 0.2) is 12.3 Å². The van der Waals surface area contributed by atoms with Gasteiger partial charge in [0.1, 0.15) is 0 Å².